The molecular formula is C16H26N4O. The maximum atomic E-state index is 11.7. The van der Waals surface area contributed by atoms with Gasteiger partial charge in [0.15, 0.2) is 0 Å². The summed E-state index contributed by atoms with van der Waals surface area (Å²) < 4.78 is 0. The fourth-order valence-electron chi connectivity index (χ4n) is 2.72. The van der Waals surface area contributed by atoms with Gasteiger partial charge in [-0.3, -0.25) is 9.78 Å². The first kappa shape index (κ1) is 15.8. The zero-order valence-corrected chi connectivity index (χ0v) is 13.1. The Morgan fingerprint density at radius 1 is 1.57 bits per heavy atom. The van der Waals surface area contributed by atoms with E-state index in [4.69, 9.17) is 0 Å². The molecule has 2 heterocycles. The van der Waals surface area contributed by atoms with Crippen LogP contribution in [0, 0.1) is 0 Å². The Morgan fingerprint density at radius 2 is 2.43 bits per heavy atom. The van der Waals surface area contributed by atoms with E-state index in [1.165, 1.54) is 19.3 Å². The Kier molecular flexibility index (Phi) is 5.99. The lowest BCUT2D eigenvalue weighted by molar-refractivity contribution is 0.0958. The summed E-state index contributed by atoms with van der Waals surface area (Å²) in [4.78, 5) is 18.3. The van der Waals surface area contributed by atoms with E-state index in [1.807, 2.05) is 12.1 Å². The molecular weight excluding hydrogens is 264 g/mol. The molecule has 1 aliphatic rings. The Bertz CT molecular complexity index is 457. The number of rotatable bonds is 7. The molecule has 1 fully saturated rings. The minimum Gasteiger partial charge on any atom is -0.370 e. The Morgan fingerprint density at radius 3 is 3.10 bits per heavy atom. The topological polar surface area (TPSA) is 57.3 Å². The van der Waals surface area contributed by atoms with Gasteiger partial charge in [0.05, 0.1) is 0 Å². The average molecular weight is 290 g/mol. The summed E-state index contributed by atoms with van der Waals surface area (Å²) in [6.45, 7) is 5.34. The highest BCUT2D eigenvalue weighted by Gasteiger charge is 2.18. The van der Waals surface area contributed by atoms with Crippen molar-refractivity contribution in [3.63, 3.8) is 0 Å². The molecule has 116 valence electrons. The molecule has 0 saturated carbocycles. The van der Waals surface area contributed by atoms with Crippen molar-refractivity contribution < 1.29 is 4.79 Å². The summed E-state index contributed by atoms with van der Waals surface area (Å²) in [6.07, 6.45) is 6.54. The number of unbranched alkanes of at least 4 members (excludes halogenated alkanes) is 1. The van der Waals surface area contributed by atoms with Gasteiger partial charge >= 0.3 is 0 Å². The summed E-state index contributed by atoms with van der Waals surface area (Å²) in [6, 6.07) is 4.44. The van der Waals surface area contributed by atoms with E-state index in [0.29, 0.717) is 11.7 Å². The molecule has 0 aliphatic carbocycles. The van der Waals surface area contributed by atoms with Crippen molar-refractivity contribution in [3.8, 4) is 0 Å². The fraction of sp³-hybridized carbons (Fsp3) is 0.625. The van der Waals surface area contributed by atoms with Crippen LogP contribution >= 0.6 is 0 Å². The van der Waals surface area contributed by atoms with Gasteiger partial charge in [0, 0.05) is 38.1 Å². The Labute approximate surface area is 127 Å². The molecule has 2 rings (SSSR count). The minimum atomic E-state index is -0.133. The smallest absolute Gasteiger partial charge is 0.269 e. The van der Waals surface area contributed by atoms with Gasteiger partial charge < -0.3 is 15.5 Å². The quantitative estimate of drug-likeness (QED) is 0.804. The summed E-state index contributed by atoms with van der Waals surface area (Å²) in [5.74, 6) is -0.133. The molecule has 1 atom stereocenters. The number of nitrogens with one attached hydrogen (secondary N) is 2. The Balaban J connectivity index is 2.12. The van der Waals surface area contributed by atoms with E-state index >= 15 is 0 Å². The number of pyridine rings is 1. The van der Waals surface area contributed by atoms with E-state index < -0.39 is 0 Å². The second-order valence-corrected chi connectivity index (χ2v) is 5.57. The van der Waals surface area contributed by atoms with Crippen molar-refractivity contribution >= 4 is 11.6 Å². The lowest BCUT2D eigenvalue weighted by atomic mass is 10.2. The third kappa shape index (κ3) is 4.43. The zero-order chi connectivity index (χ0) is 15.1. The van der Waals surface area contributed by atoms with Crippen molar-refractivity contribution in [2.24, 2.45) is 0 Å². The monoisotopic (exact) mass is 290 g/mol. The first-order chi connectivity index (χ1) is 10.2. The molecule has 0 spiro atoms. The van der Waals surface area contributed by atoms with E-state index in [0.717, 1.165) is 31.7 Å². The number of aromatic nitrogens is 1. The van der Waals surface area contributed by atoms with E-state index in [2.05, 4.69) is 27.4 Å². The third-order valence-electron chi connectivity index (χ3n) is 3.95. The van der Waals surface area contributed by atoms with Crippen LogP contribution in [0.2, 0.25) is 0 Å². The predicted octanol–water partition coefficient (Wildman–Crippen LogP) is 1.80. The van der Waals surface area contributed by atoms with Crippen molar-refractivity contribution in [1.82, 2.24) is 15.6 Å². The van der Waals surface area contributed by atoms with Crippen molar-refractivity contribution in [2.45, 2.75) is 38.6 Å². The third-order valence-corrected chi connectivity index (χ3v) is 3.95. The number of hydrogen-bond donors (Lipinski definition) is 2. The Hall–Kier alpha value is -1.62. The van der Waals surface area contributed by atoms with Gasteiger partial charge in [-0.25, -0.2) is 0 Å². The molecule has 1 unspecified atom stereocenters. The van der Waals surface area contributed by atoms with E-state index in [9.17, 15) is 4.79 Å². The van der Waals surface area contributed by atoms with Crippen LogP contribution in [0.25, 0.3) is 0 Å². The first-order valence-corrected chi connectivity index (χ1v) is 7.91. The van der Waals surface area contributed by atoms with E-state index in [-0.39, 0.29) is 5.91 Å². The molecule has 1 aromatic rings. The molecule has 1 amide bonds. The standard InChI is InChI=1S/C16H26N4O/c1-3-4-10-20(12-13-6-5-8-18-13)14-7-9-19-15(11-14)16(21)17-2/h7,9,11,13,18H,3-6,8,10,12H2,1-2H3,(H,17,21). The second kappa shape index (κ2) is 7.98. The maximum Gasteiger partial charge on any atom is 0.269 e. The van der Waals surface area contributed by atoms with Gasteiger partial charge in [0.2, 0.25) is 0 Å². The molecule has 5 heteroatoms. The number of carbonyl (C=O) groups excluding carboxylic acids is 1. The molecule has 1 aromatic heterocycles. The lowest BCUT2D eigenvalue weighted by Crippen LogP contribution is -2.38. The summed E-state index contributed by atoms with van der Waals surface area (Å²) in [5.41, 5.74) is 1.57. The van der Waals surface area contributed by atoms with Gasteiger partial charge in [-0.15, -0.1) is 0 Å². The van der Waals surface area contributed by atoms with Crippen molar-refractivity contribution in [1.29, 1.82) is 0 Å². The largest absolute Gasteiger partial charge is 0.370 e. The minimum absolute atomic E-state index is 0.133. The first-order valence-electron chi connectivity index (χ1n) is 7.91. The van der Waals surface area contributed by atoms with Crippen LogP contribution in [0.15, 0.2) is 18.3 Å². The van der Waals surface area contributed by atoms with Crippen LogP contribution in [0.5, 0.6) is 0 Å². The average Bonchev–Trinajstić information content (AvgIpc) is 3.03. The van der Waals surface area contributed by atoms with Gasteiger partial charge in [0.1, 0.15) is 5.69 Å². The zero-order valence-electron chi connectivity index (χ0n) is 13.1. The van der Waals surface area contributed by atoms with Crippen LogP contribution in [0.3, 0.4) is 0 Å². The SMILES string of the molecule is CCCCN(CC1CCCN1)c1ccnc(C(=O)NC)c1. The number of amides is 1. The van der Waals surface area contributed by atoms with Gasteiger partial charge in [-0.1, -0.05) is 13.3 Å². The van der Waals surface area contributed by atoms with Crippen molar-refractivity contribution in [2.75, 3.05) is 31.6 Å². The number of carbonyl (C=O) groups is 1. The van der Waals surface area contributed by atoms with Gasteiger partial charge in [0.25, 0.3) is 5.91 Å². The number of anilines is 1. The van der Waals surface area contributed by atoms with Crippen LogP contribution in [-0.4, -0.2) is 43.6 Å². The fourth-order valence-corrected chi connectivity index (χ4v) is 2.72. The molecule has 1 saturated heterocycles. The molecule has 0 aromatic carbocycles. The highest BCUT2D eigenvalue weighted by molar-refractivity contribution is 5.92. The van der Waals surface area contributed by atoms with Gasteiger partial charge in [-0.2, -0.15) is 0 Å². The molecule has 0 radical (unpaired) electrons. The number of nitrogens with zero attached hydrogens (tertiary/aromatic N) is 2. The van der Waals surface area contributed by atoms with Crippen LogP contribution in [-0.2, 0) is 0 Å². The molecule has 2 N–H and O–H groups in total. The normalized spacial score (nSPS) is 17.7. The highest BCUT2D eigenvalue weighted by Crippen LogP contribution is 2.18. The van der Waals surface area contributed by atoms with Crippen LogP contribution in [0.1, 0.15) is 43.1 Å². The highest BCUT2D eigenvalue weighted by atomic mass is 16.1. The molecule has 21 heavy (non-hydrogen) atoms. The lowest BCUT2D eigenvalue weighted by Gasteiger charge is -2.28. The predicted molar refractivity (Wildman–Crippen MR) is 85.8 cm³/mol. The van der Waals surface area contributed by atoms with E-state index in [1.54, 1.807) is 13.2 Å². The molecule has 0 bridgehead atoms. The summed E-state index contributed by atoms with van der Waals surface area (Å²) >= 11 is 0. The maximum absolute atomic E-state index is 11.7. The van der Waals surface area contributed by atoms with Crippen molar-refractivity contribution in [3.05, 3.63) is 24.0 Å². The molecule has 5 nitrogen and oxygen atoms in total. The summed E-state index contributed by atoms with van der Waals surface area (Å²) in [5, 5.41) is 6.18. The second-order valence-electron chi connectivity index (χ2n) is 5.57. The molecule has 1 aliphatic heterocycles. The number of hydrogen-bond acceptors (Lipinski definition) is 4. The van der Waals surface area contributed by atoms with Crippen LogP contribution < -0.4 is 15.5 Å². The van der Waals surface area contributed by atoms with Crippen LogP contribution in [0.4, 0.5) is 5.69 Å². The summed E-state index contributed by atoms with van der Waals surface area (Å²) in [7, 11) is 1.63. The van der Waals surface area contributed by atoms with Gasteiger partial charge in [-0.05, 0) is 37.9 Å².